The molecule has 0 N–H and O–H groups in total. The molecular weight excluding hydrogens is 841 g/mol. The van der Waals surface area contributed by atoms with Gasteiger partial charge < -0.3 is 28.4 Å². The molecule has 0 aromatic heterocycles. The molecule has 0 bridgehead atoms. The first kappa shape index (κ1) is 50.5. The van der Waals surface area contributed by atoms with Gasteiger partial charge >= 0.3 is 23.9 Å². The maximum Gasteiger partial charge on any atom is 0.317 e. The van der Waals surface area contributed by atoms with Crippen LogP contribution in [0.25, 0.3) is 12.2 Å². The standard InChI is InChI=1S/C54H60O12/c1-9-53(7,49(59)64-42-29-25-40(26-30-42)44(56)32-22-38-19-15-12-16-20-38)36-52(5,6)48(58)65-45-33-62-46(34-61-45)66-50(60)54(8,10-2)35-51(3,4)47(57)63-41-27-23-39(24-28-41)43(55)31-21-37-17-13-11-14-18-37/h11-32,45-46H,9-10,33-36H2,1-8H3/b31-21+,32-22+. The van der Waals surface area contributed by atoms with E-state index in [9.17, 15) is 28.8 Å². The minimum atomic E-state index is -1.16. The van der Waals surface area contributed by atoms with Crippen LogP contribution in [-0.4, -0.2) is 61.2 Å². The molecule has 0 aliphatic carbocycles. The molecule has 66 heavy (non-hydrogen) atoms. The average molecular weight is 901 g/mol. The number of allylic oxidation sites excluding steroid dienone is 2. The van der Waals surface area contributed by atoms with Crippen LogP contribution in [0.3, 0.4) is 0 Å². The summed E-state index contributed by atoms with van der Waals surface area (Å²) in [5.74, 6) is -2.20. The minimum Gasteiger partial charge on any atom is -0.433 e. The van der Waals surface area contributed by atoms with Crippen LogP contribution >= 0.6 is 0 Å². The highest BCUT2D eigenvalue weighted by atomic mass is 16.8. The number of ketones is 2. The smallest absolute Gasteiger partial charge is 0.317 e. The molecule has 12 heteroatoms. The van der Waals surface area contributed by atoms with Gasteiger partial charge in [-0.15, -0.1) is 0 Å². The van der Waals surface area contributed by atoms with Crippen LogP contribution in [0.5, 0.6) is 11.5 Å². The molecule has 0 amide bonds. The van der Waals surface area contributed by atoms with Gasteiger partial charge in [0, 0.05) is 11.1 Å². The number of carbonyl (C=O) groups excluding carboxylic acids is 6. The monoisotopic (exact) mass is 900 g/mol. The maximum absolute atomic E-state index is 13.6. The molecule has 5 rings (SSSR count). The fraction of sp³-hybridized carbons (Fsp3) is 0.370. The van der Waals surface area contributed by atoms with Gasteiger partial charge in [0.1, 0.15) is 24.7 Å². The summed E-state index contributed by atoms with van der Waals surface area (Å²) >= 11 is 0. The lowest BCUT2D eigenvalue weighted by Crippen LogP contribution is -2.46. The van der Waals surface area contributed by atoms with Crippen LogP contribution in [0, 0.1) is 21.7 Å². The molecular formula is C54H60O12. The third-order valence-electron chi connectivity index (χ3n) is 11.8. The first-order valence-corrected chi connectivity index (χ1v) is 22.1. The normalized spacial score (nSPS) is 17.3. The third kappa shape index (κ3) is 13.8. The molecule has 0 radical (unpaired) electrons. The fourth-order valence-electron chi connectivity index (χ4n) is 7.44. The van der Waals surface area contributed by atoms with Gasteiger partial charge in [0.2, 0.25) is 12.6 Å². The van der Waals surface area contributed by atoms with Crippen LogP contribution in [0.1, 0.15) is 113 Å². The van der Waals surface area contributed by atoms with E-state index in [0.717, 1.165) is 11.1 Å². The van der Waals surface area contributed by atoms with Gasteiger partial charge in [0.15, 0.2) is 11.6 Å². The predicted octanol–water partition coefficient (Wildman–Crippen LogP) is 10.4. The highest BCUT2D eigenvalue weighted by Gasteiger charge is 2.46. The quantitative estimate of drug-likeness (QED) is 0.0358. The molecule has 4 aromatic rings. The molecule has 0 spiro atoms. The number of benzene rings is 4. The van der Waals surface area contributed by atoms with E-state index in [-0.39, 0.29) is 49.1 Å². The summed E-state index contributed by atoms with van der Waals surface area (Å²) in [4.78, 5) is 79.4. The van der Waals surface area contributed by atoms with Crippen LogP contribution < -0.4 is 9.47 Å². The highest BCUT2D eigenvalue weighted by Crippen LogP contribution is 2.41. The van der Waals surface area contributed by atoms with Crippen molar-refractivity contribution in [1.82, 2.24) is 0 Å². The molecule has 1 heterocycles. The Morgan fingerprint density at radius 1 is 0.500 bits per heavy atom. The van der Waals surface area contributed by atoms with Gasteiger partial charge in [-0.05, 0) is 139 Å². The Morgan fingerprint density at radius 3 is 1.26 bits per heavy atom. The Kier molecular flexibility index (Phi) is 16.9. The van der Waals surface area contributed by atoms with Crippen LogP contribution in [-0.2, 0) is 38.1 Å². The lowest BCUT2D eigenvalue weighted by molar-refractivity contribution is -0.282. The Balaban J connectivity index is 1.07. The van der Waals surface area contributed by atoms with Gasteiger partial charge in [-0.25, -0.2) is 0 Å². The van der Waals surface area contributed by atoms with Crippen molar-refractivity contribution in [1.29, 1.82) is 0 Å². The zero-order valence-corrected chi connectivity index (χ0v) is 39.0. The van der Waals surface area contributed by atoms with E-state index >= 15 is 0 Å². The number of hydrogen-bond acceptors (Lipinski definition) is 12. The average Bonchev–Trinajstić information content (AvgIpc) is 3.31. The second-order valence-corrected chi connectivity index (χ2v) is 18.3. The second-order valence-electron chi connectivity index (χ2n) is 18.3. The van der Waals surface area contributed by atoms with Crippen molar-refractivity contribution >= 4 is 47.6 Å². The van der Waals surface area contributed by atoms with Crippen molar-refractivity contribution in [2.75, 3.05) is 13.2 Å². The zero-order valence-electron chi connectivity index (χ0n) is 39.0. The molecule has 4 aromatic carbocycles. The second kappa shape index (κ2) is 22.1. The number of esters is 4. The Labute approximate surface area is 387 Å². The Bertz CT molecular complexity index is 2370. The summed E-state index contributed by atoms with van der Waals surface area (Å²) in [6.45, 7) is 13.3. The first-order chi connectivity index (χ1) is 31.3. The van der Waals surface area contributed by atoms with E-state index in [2.05, 4.69) is 0 Å². The molecule has 4 atom stereocenters. The summed E-state index contributed by atoms with van der Waals surface area (Å²) in [7, 11) is 0. The topological polar surface area (TPSA) is 158 Å². The molecule has 0 saturated carbocycles. The summed E-state index contributed by atoms with van der Waals surface area (Å²) in [5.41, 5.74) is -1.81. The fourth-order valence-corrected chi connectivity index (χ4v) is 7.44. The number of ether oxygens (including phenoxy) is 6. The van der Waals surface area contributed by atoms with Crippen LogP contribution in [0.2, 0.25) is 0 Å². The summed E-state index contributed by atoms with van der Waals surface area (Å²) in [6, 6.07) is 31.5. The largest absolute Gasteiger partial charge is 0.433 e. The summed E-state index contributed by atoms with van der Waals surface area (Å²) < 4.78 is 34.3. The molecule has 1 fully saturated rings. The van der Waals surface area contributed by atoms with Gasteiger partial charge in [-0.2, -0.15) is 0 Å². The number of hydrogen-bond donors (Lipinski definition) is 0. The number of rotatable bonds is 20. The maximum atomic E-state index is 13.6. The summed E-state index contributed by atoms with van der Waals surface area (Å²) in [6.07, 6.45) is 5.11. The van der Waals surface area contributed by atoms with Gasteiger partial charge in [-0.1, -0.05) is 86.7 Å². The molecule has 12 nitrogen and oxygen atoms in total. The third-order valence-corrected chi connectivity index (χ3v) is 11.8. The Morgan fingerprint density at radius 2 is 0.864 bits per heavy atom. The van der Waals surface area contributed by atoms with E-state index in [4.69, 9.17) is 28.4 Å². The predicted molar refractivity (Wildman–Crippen MR) is 249 cm³/mol. The molecule has 4 unspecified atom stereocenters. The molecule has 1 aliphatic heterocycles. The van der Waals surface area contributed by atoms with Crippen molar-refractivity contribution in [3.63, 3.8) is 0 Å². The highest BCUT2D eigenvalue weighted by molar-refractivity contribution is 6.07. The van der Waals surface area contributed by atoms with Crippen molar-refractivity contribution in [2.24, 2.45) is 21.7 Å². The SMILES string of the molecule is CCC(C)(CC(C)(C)C(=O)OC1COC(OC(=O)C(C)(CC)CC(C)(C)C(=O)Oc2ccc(C(=O)/C=C/c3ccccc3)cc2)CO1)C(=O)Oc1ccc(C(=O)/C=C/c2ccccc2)cc1. The van der Waals surface area contributed by atoms with E-state index in [1.165, 1.54) is 12.2 Å². The lowest BCUT2D eigenvalue weighted by atomic mass is 9.72. The minimum absolute atomic E-state index is 0.0861. The number of carbonyl (C=O) groups is 6. The summed E-state index contributed by atoms with van der Waals surface area (Å²) in [5, 5.41) is 0. The van der Waals surface area contributed by atoms with E-state index in [1.54, 1.807) is 102 Å². The van der Waals surface area contributed by atoms with Crippen LogP contribution in [0.4, 0.5) is 0 Å². The van der Waals surface area contributed by atoms with E-state index in [1.807, 2.05) is 74.5 Å². The van der Waals surface area contributed by atoms with Gasteiger partial charge in [-0.3, -0.25) is 28.8 Å². The lowest BCUT2D eigenvalue weighted by Gasteiger charge is -2.37. The van der Waals surface area contributed by atoms with Crippen molar-refractivity contribution < 1.29 is 57.2 Å². The van der Waals surface area contributed by atoms with Crippen molar-refractivity contribution in [3.8, 4) is 11.5 Å². The zero-order chi connectivity index (χ0) is 48.1. The van der Waals surface area contributed by atoms with E-state index in [0.29, 0.717) is 24.0 Å². The first-order valence-electron chi connectivity index (χ1n) is 22.1. The van der Waals surface area contributed by atoms with Crippen molar-refractivity contribution in [3.05, 3.63) is 144 Å². The molecule has 1 aliphatic rings. The van der Waals surface area contributed by atoms with E-state index < -0.39 is 58.1 Å². The Hall–Kier alpha value is -6.50. The van der Waals surface area contributed by atoms with Crippen molar-refractivity contribution in [2.45, 2.75) is 93.7 Å². The molecule has 1 saturated heterocycles. The van der Waals surface area contributed by atoms with Crippen LogP contribution in [0.15, 0.2) is 121 Å². The van der Waals surface area contributed by atoms with Gasteiger partial charge in [0.25, 0.3) is 0 Å². The van der Waals surface area contributed by atoms with Gasteiger partial charge in [0.05, 0.1) is 21.7 Å². The molecule has 348 valence electrons.